The lowest BCUT2D eigenvalue weighted by Gasteiger charge is -2.23. The van der Waals surface area contributed by atoms with Gasteiger partial charge in [-0.2, -0.15) is 0 Å². The average Bonchev–Trinajstić information content (AvgIpc) is 2.98. The predicted molar refractivity (Wildman–Crippen MR) is 115 cm³/mol. The summed E-state index contributed by atoms with van der Waals surface area (Å²) in [5.41, 5.74) is 1.96. The van der Waals surface area contributed by atoms with E-state index in [1.54, 1.807) is 36.4 Å². The number of nitrogens with zero attached hydrogens (tertiary/aromatic N) is 3. The smallest absolute Gasteiger partial charge is 0.285 e. The fourth-order valence-corrected chi connectivity index (χ4v) is 4.17. The Balaban J connectivity index is 1.90. The minimum atomic E-state index is -3.72. The summed E-state index contributed by atoms with van der Waals surface area (Å²) >= 11 is 3.34. The number of H-pyrrole nitrogens is 1. The van der Waals surface area contributed by atoms with Gasteiger partial charge in [0.15, 0.2) is 5.69 Å². The molecule has 3 aromatic rings. The third-order valence-corrected chi connectivity index (χ3v) is 5.92. The molecule has 0 fully saturated rings. The lowest BCUT2D eigenvalue weighted by atomic mass is 10.1. The molecule has 152 valence electrons. The summed E-state index contributed by atoms with van der Waals surface area (Å²) in [7, 11) is -3.72. The number of rotatable bonds is 6. The van der Waals surface area contributed by atoms with Crippen molar-refractivity contribution >= 4 is 54.1 Å². The second kappa shape index (κ2) is 8.34. The quantitative estimate of drug-likeness (QED) is 0.514. The molecule has 0 aliphatic heterocycles. The molecule has 29 heavy (non-hydrogen) atoms. The molecule has 2 N–H and O–H groups in total. The lowest BCUT2D eigenvalue weighted by molar-refractivity contribution is -0.116. The number of fused-ring (bicyclic) bond motifs is 1. The third kappa shape index (κ3) is 4.65. The number of anilines is 1. The predicted octanol–water partition coefficient (Wildman–Crippen LogP) is 4.27. The van der Waals surface area contributed by atoms with E-state index in [-0.39, 0.29) is 11.6 Å². The Bertz CT molecular complexity index is 1200. The Morgan fingerprint density at radius 2 is 1.97 bits per heavy atom. The fraction of sp³-hybridized carbons (Fsp3) is 0.211. The molecule has 8 nitrogen and oxygen atoms in total. The van der Waals surface area contributed by atoms with Crippen LogP contribution in [0.25, 0.3) is 10.9 Å². The Hall–Kier alpha value is -2.72. The molecule has 0 aliphatic rings. The normalized spacial score (nSPS) is 12.0. The monoisotopic (exact) mass is 478 g/mol. The Morgan fingerprint density at radius 3 is 2.66 bits per heavy atom. The van der Waals surface area contributed by atoms with Crippen molar-refractivity contribution in [1.29, 1.82) is 0 Å². The van der Waals surface area contributed by atoms with Crippen LogP contribution in [0.2, 0.25) is 0 Å². The van der Waals surface area contributed by atoms with E-state index >= 15 is 0 Å². The largest absolute Gasteiger partial charge is 0.493 e. The summed E-state index contributed by atoms with van der Waals surface area (Å²) in [4.78, 5) is 15.2. The number of amides is 1. The number of aromatic nitrogens is 1. The first-order valence-corrected chi connectivity index (χ1v) is 11.3. The third-order valence-electron chi connectivity index (χ3n) is 4.30. The van der Waals surface area contributed by atoms with E-state index in [0.29, 0.717) is 23.0 Å². The van der Waals surface area contributed by atoms with Gasteiger partial charge in [0, 0.05) is 9.86 Å². The van der Waals surface area contributed by atoms with Crippen molar-refractivity contribution in [2.45, 2.75) is 13.3 Å². The summed E-state index contributed by atoms with van der Waals surface area (Å²) in [5, 5.41) is 18.1. The maximum absolute atomic E-state index is 12.4. The Morgan fingerprint density at radius 1 is 1.24 bits per heavy atom. The zero-order valence-corrected chi connectivity index (χ0v) is 18.2. The molecule has 1 amide bonds. The number of aromatic hydroxyl groups is 1. The maximum atomic E-state index is 12.4. The van der Waals surface area contributed by atoms with Gasteiger partial charge < -0.3 is 10.1 Å². The van der Waals surface area contributed by atoms with Crippen LogP contribution in [0.4, 0.5) is 11.4 Å². The molecule has 0 spiro atoms. The number of hydrogen-bond acceptors (Lipinski definition) is 5. The van der Waals surface area contributed by atoms with E-state index in [1.807, 2.05) is 13.0 Å². The highest BCUT2D eigenvalue weighted by molar-refractivity contribution is 9.10. The lowest BCUT2D eigenvalue weighted by Crippen LogP contribution is -2.35. The molecule has 0 atom stereocenters. The minimum Gasteiger partial charge on any atom is -0.493 e. The van der Waals surface area contributed by atoms with Crippen molar-refractivity contribution in [1.82, 2.24) is 4.98 Å². The summed E-state index contributed by atoms with van der Waals surface area (Å²) in [6.07, 6.45) is 1.64. The van der Waals surface area contributed by atoms with Gasteiger partial charge in [0.2, 0.25) is 15.9 Å². The molecule has 2 aromatic carbocycles. The van der Waals surface area contributed by atoms with Gasteiger partial charge in [0.1, 0.15) is 6.54 Å². The summed E-state index contributed by atoms with van der Waals surface area (Å²) in [6.45, 7) is 1.41. The highest BCUT2D eigenvalue weighted by Crippen LogP contribution is 2.36. The number of sulfonamides is 1. The van der Waals surface area contributed by atoms with Gasteiger partial charge in [-0.25, -0.2) is 8.42 Å². The molecular formula is C19H19BrN4O4S. The van der Waals surface area contributed by atoms with Crippen LogP contribution in [0.1, 0.15) is 12.5 Å². The van der Waals surface area contributed by atoms with Crippen molar-refractivity contribution in [3.8, 4) is 5.88 Å². The number of halogens is 1. The number of carbonyl (C=O) groups is 1. The van der Waals surface area contributed by atoms with Crippen molar-refractivity contribution in [3.05, 3.63) is 52.5 Å². The van der Waals surface area contributed by atoms with Crippen LogP contribution in [-0.4, -0.2) is 37.2 Å². The van der Waals surface area contributed by atoms with Gasteiger partial charge in [-0.1, -0.05) is 41.1 Å². The molecule has 0 saturated carbocycles. The number of carbonyl (C=O) groups excluding carboxylic acids is 1. The zero-order chi connectivity index (χ0) is 21.2. The number of nitrogens with one attached hydrogen (secondary N) is 1. The molecular weight excluding hydrogens is 460 g/mol. The number of benzene rings is 2. The molecule has 1 aromatic heterocycles. The zero-order valence-electron chi connectivity index (χ0n) is 15.8. The molecule has 0 radical (unpaired) electrons. The van der Waals surface area contributed by atoms with E-state index in [4.69, 9.17) is 0 Å². The first-order chi connectivity index (χ1) is 13.7. The first kappa shape index (κ1) is 21.0. The van der Waals surface area contributed by atoms with Crippen LogP contribution < -0.4 is 4.31 Å². The summed E-state index contributed by atoms with van der Waals surface area (Å²) < 4.78 is 26.4. The summed E-state index contributed by atoms with van der Waals surface area (Å²) in [5.74, 6) is -0.990. The van der Waals surface area contributed by atoms with Gasteiger partial charge >= 0.3 is 0 Å². The van der Waals surface area contributed by atoms with Gasteiger partial charge in [0.05, 0.1) is 17.5 Å². The van der Waals surface area contributed by atoms with E-state index in [9.17, 15) is 18.3 Å². The SMILES string of the molecule is CCc1ccccc1N(CC(=O)N=Nc1c(O)[nH]c2ccc(Br)cc12)S(C)(=O)=O. The number of para-hydroxylation sites is 1. The second-order valence-corrected chi connectivity index (χ2v) is 9.18. The molecule has 0 bridgehead atoms. The first-order valence-electron chi connectivity index (χ1n) is 8.71. The second-order valence-electron chi connectivity index (χ2n) is 6.36. The topological polar surface area (TPSA) is 115 Å². The molecule has 0 unspecified atom stereocenters. The van der Waals surface area contributed by atoms with E-state index < -0.39 is 22.5 Å². The van der Waals surface area contributed by atoms with Crippen LogP contribution in [0.5, 0.6) is 5.88 Å². The molecule has 0 saturated heterocycles. The van der Waals surface area contributed by atoms with Crippen molar-refractivity contribution in [2.75, 3.05) is 17.1 Å². The van der Waals surface area contributed by atoms with Crippen LogP contribution in [-0.2, 0) is 21.2 Å². The number of aromatic amines is 1. The van der Waals surface area contributed by atoms with E-state index in [1.165, 1.54) is 0 Å². The van der Waals surface area contributed by atoms with Gasteiger partial charge in [-0.15, -0.1) is 10.2 Å². The van der Waals surface area contributed by atoms with E-state index in [0.717, 1.165) is 20.6 Å². The highest BCUT2D eigenvalue weighted by Gasteiger charge is 2.23. The fourth-order valence-electron chi connectivity index (χ4n) is 2.93. The van der Waals surface area contributed by atoms with Crippen molar-refractivity contribution < 1.29 is 18.3 Å². The minimum absolute atomic E-state index is 0.106. The standard InChI is InChI=1S/C19H19BrN4O4S/c1-3-12-6-4-5-7-16(12)24(29(2,27)28)11-17(25)22-23-18-14-10-13(20)8-9-15(14)21-19(18)26/h4-10,21,26H,3,11H2,1-2H3. The average molecular weight is 479 g/mol. The molecule has 10 heteroatoms. The van der Waals surface area contributed by atoms with Crippen LogP contribution in [0, 0.1) is 0 Å². The molecule has 1 heterocycles. The van der Waals surface area contributed by atoms with E-state index in [2.05, 4.69) is 31.1 Å². The Labute approximate surface area is 176 Å². The maximum Gasteiger partial charge on any atom is 0.285 e. The molecule has 0 aliphatic carbocycles. The number of azo groups is 1. The van der Waals surface area contributed by atoms with Crippen molar-refractivity contribution in [3.63, 3.8) is 0 Å². The van der Waals surface area contributed by atoms with Crippen molar-refractivity contribution in [2.24, 2.45) is 10.2 Å². The highest BCUT2D eigenvalue weighted by atomic mass is 79.9. The summed E-state index contributed by atoms with van der Waals surface area (Å²) in [6, 6.07) is 12.2. The van der Waals surface area contributed by atoms with Gasteiger partial charge in [-0.05, 0) is 36.2 Å². The Kier molecular flexibility index (Phi) is 6.04. The van der Waals surface area contributed by atoms with Gasteiger partial charge in [0.25, 0.3) is 5.91 Å². The van der Waals surface area contributed by atoms with Crippen LogP contribution >= 0.6 is 15.9 Å². The molecule has 3 rings (SSSR count). The van der Waals surface area contributed by atoms with Gasteiger partial charge in [-0.3, -0.25) is 9.10 Å². The van der Waals surface area contributed by atoms with Crippen LogP contribution in [0.15, 0.2) is 57.2 Å². The number of hydrogen-bond donors (Lipinski definition) is 2. The number of aryl methyl sites for hydroxylation is 1. The van der Waals surface area contributed by atoms with Crippen LogP contribution in [0.3, 0.4) is 0 Å².